The van der Waals surface area contributed by atoms with Gasteiger partial charge in [0.1, 0.15) is 54.1 Å². The van der Waals surface area contributed by atoms with Crippen molar-refractivity contribution >= 4 is 83.7 Å². The summed E-state index contributed by atoms with van der Waals surface area (Å²) in [6.07, 6.45) is -1.82. The molecule has 0 bridgehead atoms. The number of nitrogens with two attached hydrogens (primary N) is 2. The van der Waals surface area contributed by atoms with Crippen molar-refractivity contribution in [2.45, 2.75) is 146 Å². The molecule has 1 aromatic carbocycles. The molecule has 0 aromatic heterocycles. The van der Waals surface area contributed by atoms with E-state index in [1.807, 2.05) is 0 Å². The minimum Gasteiger partial charge on any atom is -0.508 e. The zero-order valence-electron chi connectivity index (χ0n) is 41.0. The predicted octanol–water partition coefficient (Wildman–Crippen LogP) is -2.92. The van der Waals surface area contributed by atoms with Crippen LogP contribution in [0.3, 0.4) is 0 Å². The van der Waals surface area contributed by atoms with Crippen molar-refractivity contribution < 1.29 is 78.0 Å². The van der Waals surface area contributed by atoms with E-state index in [9.17, 15) is 78.0 Å². The molecule has 0 radical (unpaired) electrons. The van der Waals surface area contributed by atoms with E-state index in [4.69, 9.17) is 11.5 Å². The smallest absolute Gasteiger partial charge is 0.326 e. The predicted molar refractivity (Wildman–Crippen MR) is 260 cm³/mol. The van der Waals surface area contributed by atoms with Crippen molar-refractivity contribution in [2.75, 3.05) is 18.8 Å². The van der Waals surface area contributed by atoms with Gasteiger partial charge in [-0.05, 0) is 61.6 Å². The Morgan fingerprint density at radius 1 is 0.658 bits per heavy atom. The molecule has 2 fully saturated rings. The molecule has 27 heteroatoms. The largest absolute Gasteiger partial charge is 0.508 e. The number of hydrogen-bond acceptors (Lipinski definition) is 15. The molecular weight excluding hydrogens is 981 g/mol. The highest BCUT2D eigenvalue weighted by molar-refractivity contribution is 7.80. The molecule has 0 saturated carbocycles. The van der Waals surface area contributed by atoms with Crippen LogP contribution in [-0.2, 0) is 64.0 Å². The lowest BCUT2D eigenvalue weighted by atomic mass is 9.98. The highest BCUT2D eigenvalue weighted by atomic mass is 32.1. The van der Waals surface area contributed by atoms with Gasteiger partial charge < -0.3 is 73.6 Å². The number of carbonyl (C=O) groups is 12. The second-order valence-electron chi connectivity index (χ2n) is 18.4. The quantitative estimate of drug-likeness (QED) is 0.0374. The van der Waals surface area contributed by atoms with E-state index in [0.29, 0.717) is 12.0 Å². The third-order valence-corrected chi connectivity index (χ3v) is 12.9. The molecule has 1 aromatic rings. The van der Waals surface area contributed by atoms with Gasteiger partial charge >= 0.3 is 17.9 Å². The van der Waals surface area contributed by atoms with Crippen molar-refractivity contribution in [3.05, 3.63) is 29.8 Å². The number of phenols is 1. The molecule has 0 aliphatic carbocycles. The van der Waals surface area contributed by atoms with Crippen LogP contribution in [-0.4, -0.2) is 175 Å². The highest BCUT2D eigenvalue weighted by Crippen LogP contribution is 2.23. The van der Waals surface area contributed by atoms with Gasteiger partial charge in [-0.25, -0.2) is 4.79 Å². The van der Waals surface area contributed by atoms with E-state index < -0.39 is 157 Å². The maximum Gasteiger partial charge on any atom is 0.326 e. The summed E-state index contributed by atoms with van der Waals surface area (Å²) in [4.78, 5) is 160. The minimum atomic E-state index is -1.74. The lowest BCUT2D eigenvalue weighted by Crippen LogP contribution is -2.61. The molecule has 0 unspecified atom stereocenters. The number of primary amides is 1. The summed E-state index contributed by atoms with van der Waals surface area (Å²) in [6, 6.07) is -7.27. The molecule has 10 atom stereocenters. The van der Waals surface area contributed by atoms with Crippen LogP contribution in [0.2, 0.25) is 0 Å². The Bertz CT molecular complexity index is 2220. The molecule has 0 spiro atoms. The summed E-state index contributed by atoms with van der Waals surface area (Å²) >= 11 is 3.93. The Morgan fingerprint density at radius 3 is 1.62 bits per heavy atom. The van der Waals surface area contributed by atoms with Crippen LogP contribution < -0.4 is 43.4 Å². The zero-order valence-corrected chi connectivity index (χ0v) is 41.9. The summed E-state index contributed by atoms with van der Waals surface area (Å²) in [6.45, 7) is 6.41. The van der Waals surface area contributed by atoms with Crippen LogP contribution in [0.25, 0.3) is 0 Å². The fourth-order valence-corrected chi connectivity index (χ4v) is 8.44. The number of benzene rings is 1. The molecule has 73 heavy (non-hydrogen) atoms. The van der Waals surface area contributed by atoms with Crippen LogP contribution >= 0.6 is 12.6 Å². The number of aliphatic carboxylic acids is 3. The van der Waals surface area contributed by atoms with Crippen LogP contribution in [0.4, 0.5) is 0 Å². The van der Waals surface area contributed by atoms with Crippen molar-refractivity contribution in [1.29, 1.82) is 0 Å². The third-order valence-electron chi connectivity index (χ3n) is 12.5. The monoisotopic (exact) mass is 1050 g/mol. The number of rotatable bonds is 28. The second-order valence-corrected chi connectivity index (χ2v) is 18.8. The first kappa shape index (κ1) is 60.3. The summed E-state index contributed by atoms with van der Waals surface area (Å²) in [7, 11) is 0. The number of thiol groups is 1. The number of carboxylic acid groups (broad SMARTS) is 3. The van der Waals surface area contributed by atoms with Crippen LogP contribution in [0.15, 0.2) is 24.3 Å². The van der Waals surface area contributed by atoms with Gasteiger partial charge in [0.15, 0.2) is 0 Å². The van der Waals surface area contributed by atoms with Crippen LogP contribution in [0.1, 0.15) is 91.0 Å². The maximum absolute atomic E-state index is 14.6. The van der Waals surface area contributed by atoms with Gasteiger partial charge in [-0.3, -0.25) is 52.7 Å². The molecule has 3 rings (SSSR count). The summed E-state index contributed by atoms with van der Waals surface area (Å²) < 4.78 is 0. The van der Waals surface area contributed by atoms with Crippen molar-refractivity contribution in [3.8, 4) is 5.75 Å². The van der Waals surface area contributed by atoms with Gasteiger partial charge in [0, 0.05) is 31.7 Å². The molecule has 404 valence electrons. The first-order valence-electron chi connectivity index (χ1n) is 23.8. The Hall–Kier alpha value is -7.03. The summed E-state index contributed by atoms with van der Waals surface area (Å²) in [5.41, 5.74) is 11.5. The number of carboxylic acids is 3. The number of nitrogens with zero attached hydrogens (tertiary/aromatic N) is 2. The Morgan fingerprint density at radius 2 is 1.14 bits per heavy atom. The summed E-state index contributed by atoms with van der Waals surface area (Å²) in [5.74, 6) is -14.0. The molecule has 14 N–H and O–H groups in total. The Kier molecular flexibility index (Phi) is 23.3. The van der Waals surface area contributed by atoms with Crippen molar-refractivity contribution in [2.24, 2.45) is 23.3 Å². The lowest BCUT2D eigenvalue weighted by Gasteiger charge is -2.32. The molecular formula is C46H68N10O16S. The van der Waals surface area contributed by atoms with E-state index in [0.717, 1.165) is 9.80 Å². The zero-order chi connectivity index (χ0) is 54.9. The van der Waals surface area contributed by atoms with Crippen molar-refractivity contribution in [3.63, 3.8) is 0 Å². The van der Waals surface area contributed by atoms with E-state index in [-0.39, 0.29) is 63.1 Å². The average molecular weight is 1050 g/mol. The fraction of sp³-hybridized carbons (Fsp3) is 0.609. The van der Waals surface area contributed by atoms with Gasteiger partial charge in [0.2, 0.25) is 53.2 Å². The number of hydrogen-bond donors (Lipinski definition) is 13. The molecule has 2 saturated heterocycles. The van der Waals surface area contributed by atoms with Gasteiger partial charge in [-0.2, -0.15) is 12.6 Å². The number of amides is 9. The molecule has 2 aliphatic heterocycles. The van der Waals surface area contributed by atoms with Crippen LogP contribution in [0.5, 0.6) is 5.75 Å². The first-order chi connectivity index (χ1) is 34.3. The number of phenolic OH excluding ortho intramolecular Hbond substituents is 1. The van der Waals surface area contributed by atoms with Gasteiger partial charge in [0.05, 0.1) is 18.9 Å². The standard InChI is InChI=1S/C46H68N10O16S/c1-5-23(4)37(46(71)72)54-40(65)29(20-35(61)62)51-41(66)31-8-6-17-56(31)45(70)30(18-24-10-12-25(57)13-11-24)52-43(68)36(22(2)3)53-42(67)32-9-7-16-55(32)44(69)27(14-15-33(48)58)49-39(64)28(19-34(59)60)50-38(63)26(47)21-73/h10-13,22-23,26-32,36-37,57,73H,5-9,14-21,47H2,1-4H3,(H2,48,58)(H,49,64)(H,50,63)(H,51,66)(H,52,68)(H,53,67)(H,54,65)(H,59,60)(H,61,62)(H,71,72)/t23-,26-,27-,28-,29-,30-,31-,32-,36-,37-/m0/s1. The van der Waals surface area contributed by atoms with Crippen LogP contribution in [0, 0.1) is 11.8 Å². The highest BCUT2D eigenvalue weighted by Gasteiger charge is 2.43. The average Bonchev–Trinajstić information content (AvgIpc) is 4.03. The summed E-state index contributed by atoms with van der Waals surface area (Å²) in [5, 5.41) is 53.3. The normalized spacial score (nSPS) is 18.6. The number of nitrogens with one attached hydrogen (secondary N) is 6. The molecule has 2 heterocycles. The second kappa shape index (κ2) is 28.3. The fourth-order valence-electron chi connectivity index (χ4n) is 8.27. The molecule has 26 nitrogen and oxygen atoms in total. The topological polar surface area (TPSA) is 416 Å². The number of aromatic hydroxyl groups is 1. The van der Waals surface area contributed by atoms with Gasteiger partial charge in [-0.1, -0.05) is 46.2 Å². The van der Waals surface area contributed by atoms with E-state index >= 15 is 0 Å². The first-order valence-corrected chi connectivity index (χ1v) is 24.4. The number of carbonyl (C=O) groups excluding carboxylic acids is 9. The van der Waals surface area contributed by atoms with E-state index in [1.54, 1.807) is 27.7 Å². The van der Waals surface area contributed by atoms with Gasteiger partial charge in [-0.15, -0.1) is 0 Å². The SMILES string of the molecule is CC[C@H](C)[C@H](NC(=O)[C@H](CC(=O)O)NC(=O)[C@@H]1CCCN1C(=O)[C@H](Cc1ccc(O)cc1)NC(=O)[C@@H](NC(=O)[C@@H]1CCCN1C(=O)[C@H](CCC(N)=O)NC(=O)[C@H](CC(=O)O)NC(=O)[C@@H](N)CS)C(C)C)C(=O)O. The molecule has 2 aliphatic rings. The van der Waals surface area contributed by atoms with E-state index in [2.05, 4.69) is 44.5 Å². The van der Waals surface area contributed by atoms with Crippen molar-refractivity contribution in [1.82, 2.24) is 41.7 Å². The third kappa shape index (κ3) is 17.9. The molecule has 9 amide bonds. The lowest BCUT2D eigenvalue weighted by molar-refractivity contribution is -0.146. The Labute approximate surface area is 426 Å². The maximum atomic E-state index is 14.6. The van der Waals surface area contributed by atoms with E-state index in [1.165, 1.54) is 24.3 Å². The number of likely N-dealkylation sites (tertiary alicyclic amines) is 2. The van der Waals surface area contributed by atoms with Gasteiger partial charge in [0.25, 0.3) is 0 Å². The Balaban J connectivity index is 1.89. The minimum absolute atomic E-state index is 0.0143.